The maximum absolute atomic E-state index is 12.2. The number of carbonyl (C=O) groups is 1. The molecule has 2 aliphatic heterocycles. The predicted octanol–water partition coefficient (Wildman–Crippen LogP) is 2.77. The highest BCUT2D eigenvalue weighted by atomic mass is 16.6. The lowest BCUT2D eigenvalue weighted by Gasteiger charge is -2.46. The van der Waals surface area contributed by atoms with Gasteiger partial charge in [-0.2, -0.15) is 0 Å². The molecule has 2 heterocycles. The maximum Gasteiger partial charge on any atom is 0.410 e. The van der Waals surface area contributed by atoms with Gasteiger partial charge in [-0.05, 0) is 40.0 Å². The number of piperidine rings is 2. The second-order valence-electron chi connectivity index (χ2n) is 6.20. The number of ether oxygens (including phenoxy) is 1. The molecule has 2 aliphatic rings. The van der Waals surface area contributed by atoms with E-state index in [1.165, 1.54) is 0 Å². The summed E-state index contributed by atoms with van der Waals surface area (Å²) in [5.74, 6) is 0. The summed E-state index contributed by atoms with van der Waals surface area (Å²) in [7, 11) is 0. The third-order valence-electron chi connectivity index (χ3n) is 3.55. The van der Waals surface area contributed by atoms with E-state index in [0.717, 1.165) is 25.0 Å². The van der Waals surface area contributed by atoms with E-state index in [2.05, 4.69) is 5.16 Å². The Labute approximate surface area is 108 Å². The van der Waals surface area contributed by atoms with Crippen molar-refractivity contribution in [1.29, 1.82) is 0 Å². The first kappa shape index (κ1) is 13.2. The molecule has 2 bridgehead atoms. The molecule has 2 atom stereocenters. The average molecular weight is 254 g/mol. The molecule has 0 saturated carbocycles. The van der Waals surface area contributed by atoms with Gasteiger partial charge in [0.1, 0.15) is 5.60 Å². The highest BCUT2D eigenvalue weighted by molar-refractivity contribution is 5.87. The maximum atomic E-state index is 12.2. The van der Waals surface area contributed by atoms with E-state index in [-0.39, 0.29) is 18.2 Å². The van der Waals surface area contributed by atoms with Gasteiger partial charge in [0.25, 0.3) is 0 Å². The van der Waals surface area contributed by atoms with E-state index < -0.39 is 5.60 Å². The number of oxime groups is 1. The van der Waals surface area contributed by atoms with Gasteiger partial charge in [0.2, 0.25) is 0 Å². The van der Waals surface area contributed by atoms with Crippen LogP contribution in [0.5, 0.6) is 0 Å². The van der Waals surface area contributed by atoms with Gasteiger partial charge < -0.3 is 14.8 Å². The first-order valence-corrected chi connectivity index (χ1v) is 6.62. The van der Waals surface area contributed by atoms with Crippen molar-refractivity contribution in [2.45, 2.75) is 70.6 Å². The van der Waals surface area contributed by atoms with Crippen molar-refractivity contribution in [3.63, 3.8) is 0 Å². The summed E-state index contributed by atoms with van der Waals surface area (Å²) < 4.78 is 5.47. The van der Waals surface area contributed by atoms with E-state index in [1.54, 1.807) is 0 Å². The van der Waals surface area contributed by atoms with Crippen LogP contribution in [0.25, 0.3) is 0 Å². The Kier molecular flexibility index (Phi) is 3.50. The monoisotopic (exact) mass is 254 g/mol. The summed E-state index contributed by atoms with van der Waals surface area (Å²) in [6.07, 6.45) is 4.18. The molecule has 0 spiro atoms. The summed E-state index contributed by atoms with van der Waals surface area (Å²) >= 11 is 0. The van der Waals surface area contributed by atoms with Crippen molar-refractivity contribution in [3.05, 3.63) is 0 Å². The number of carbonyl (C=O) groups excluding carboxylic acids is 1. The number of hydrogen-bond acceptors (Lipinski definition) is 4. The molecule has 0 aromatic carbocycles. The van der Waals surface area contributed by atoms with Gasteiger partial charge in [-0.15, -0.1) is 0 Å². The van der Waals surface area contributed by atoms with Crippen LogP contribution in [0.4, 0.5) is 4.79 Å². The largest absolute Gasteiger partial charge is 0.444 e. The fourth-order valence-electron chi connectivity index (χ4n) is 2.89. The van der Waals surface area contributed by atoms with Gasteiger partial charge in [-0.25, -0.2) is 4.79 Å². The molecule has 2 fully saturated rings. The third-order valence-corrected chi connectivity index (χ3v) is 3.55. The quantitative estimate of drug-likeness (QED) is 0.534. The molecule has 0 aromatic heterocycles. The van der Waals surface area contributed by atoms with E-state index in [4.69, 9.17) is 9.94 Å². The number of rotatable bonds is 0. The summed E-state index contributed by atoms with van der Waals surface area (Å²) in [5.41, 5.74) is 0.348. The van der Waals surface area contributed by atoms with Crippen LogP contribution in [0.3, 0.4) is 0 Å². The third kappa shape index (κ3) is 2.76. The Balaban J connectivity index is 2.11. The second kappa shape index (κ2) is 4.78. The fourth-order valence-corrected chi connectivity index (χ4v) is 2.89. The molecular formula is C13H22N2O3. The molecular weight excluding hydrogens is 232 g/mol. The summed E-state index contributed by atoms with van der Waals surface area (Å²) in [4.78, 5) is 14.1. The molecule has 0 aliphatic carbocycles. The van der Waals surface area contributed by atoms with E-state index >= 15 is 0 Å². The Morgan fingerprint density at radius 1 is 1.33 bits per heavy atom. The zero-order valence-corrected chi connectivity index (χ0v) is 11.3. The van der Waals surface area contributed by atoms with Crippen LogP contribution < -0.4 is 0 Å². The van der Waals surface area contributed by atoms with Crippen LogP contribution in [0.2, 0.25) is 0 Å². The Morgan fingerprint density at radius 2 is 1.89 bits per heavy atom. The molecule has 0 unspecified atom stereocenters. The second-order valence-corrected chi connectivity index (χ2v) is 6.20. The number of fused-ring (bicyclic) bond motifs is 2. The van der Waals surface area contributed by atoms with Gasteiger partial charge in [0.05, 0.1) is 5.71 Å². The Bertz CT molecular complexity index is 344. The molecule has 0 aromatic rings. The van der Waals surface area contributed by atoms with Crippen LogP contribution >= 0.6 is 0 Å². The number of nitrogens with zero attached hydrogens (tertiary/aromatic N) is 2. The van der Waals surface area contributed by atoms with Crippen molar-refractivity contribution in [1.82, 2.24) is 4.90 Å². The summed E-state index contributed by atoms with van der Waals surface area (Å²) in [5, 5.41) is 12.2. The molecule has 102 valence electrons. The van der Waals surface area contributed by atoms with Crippen molar-refractivity contribution >= 4 is 11.8 Å². The minimum Gasteiger partial charge on any atom is -0.444 e. The van der Waals surface area contributed by atoms with Gasteiger partial charge in [-0.1, -0.05) is 5.16 Å². The Hall–Kier alpha value is -1.26. The summed E-state index contributed by atoms with van der Waals surface area (Å²) in [6, 6.07) is 0.275. The smallest absolute Gasteiger partial charge is 0.410 e. The highest BCUT2D eigenvalue weighted by Crippen LogP contribution is 2.33. The van der Waals surface area contributed by atoms with Crippen LogP contribution in [0.15, 0.2) is 5.16 Å². The van der Waals surface area contributed by atoms with Gasteiger partial charge in [-0.3, -0.25) is 0 Å². The molecule has 1 N–H and O–H groups in total. The van der Waals surface area contributed by atoms with Gasteiger partial charge >= 0.3 is 6.09 Å². The normalized spacial score (nSPS) is 30.4. The predicted molar refractivity (Wildman–Crippen MR) is 68.0 cm³/mol. The number of amides is 1. The molecule has 2 rings (SSSR count). The van der Waals surface area contributed by atoms with Crippen LogP contribution in [-0.2, 0) is 4.74 Å². The minimum absolute atomic E-state index is 0.137. The number of hydrogen-bond donors (Lipinski definition) is 1. The van der Waals surface area contributed by atoms with Gasteiger partial charge in [0.15, 0.2) is 0 Å². The lowest BCUT2D eigenvalue weighted by Crippen LogP contribution is -2.56. The van der Waals surface area contributed by atoms with Crippen LogP contribution in [0, 0.1) is 0 Å². The van der Waals surface area contributed by atoms with E-state index in [9.17, 15) is 4.79 Å². The molecule has 18 heavy (non-hydrogen) atoms. The molecule has 2 saturated heterocycles. The Morgan fingerprint density at radius 3 is 2.33 bits per heavy atom. The lowest BCUT2D eigenvalue weighted by molar-refractivity contribution is -0.00731. The molecule has 0 radical (unpaired) electrons. The lowest BCUT2D eigenvalue weighted by atomic mass is 9.84. The SMILES string of the molecule is CC(C)(C)OC(=O)N1[C@@H]2CCC[C@H]1CC(=NO)C2. The van der Waals surface area contributed by atoms with Crippen LogP contribution in [-0.4, -0.2) is 39.6 Å². The van der Waals surface area contributed by atoms with Crippen molar-refractivity contribution in [2.24, 2.45) is 5.16 Å². The van der Waals surface area contributed by atoms with Crippen molar-refractivity contribution < 1.29 is 14.7 Å². The molecule has 1 amide bonds. The van der Waals surface area contributed by atoms with Crippen molar-refractivity contribution in [3.8, 4) is 0 Å². The minimum atomic E-state index is -0.462. The first-order chi connectivity index (χ1) is 8.40. The van der Waals surface area contributed by atoms with Crippen molar-refractivity contribution in [2.75, 3.05) is 0 Å². The van der Waals surface area contributed by atoms with E-state index in [1.807, 2.05) is 25.7 Å². The zero-order valence-electron chi connectivity index (χ0n) is 11.3. The molecule has 5 heteroatoms. The van der Waals surface area contributed by atoms with Gasteiger partial charge in [0, 0.05) is 24.9 Å². The highest BCUT2D eigenvalue weighted by Gasteiger charge is 2.41. The average Bonchev–Trinajstić information content (AvgIpc) is 2.24. The topological polar surface area (TPSA) is 62.1 Å². The standard InChI is InChI=1S/C13H22N2O3/c1-13(2,3)18-12(16)15-10-5-4-6-11(15)8-9(7-10)14-17/h10-11,17H,4-8H2,1-3H3/t10-,11+. The zero-order chi connectivity index (χ0) is 13.3. The van der Waals surface area contributed by atoms with E-state index in [0.29, 0.717) is 12.8 Å². The van der Waals surface area contributed by atoms with Crippen LogP contribution in [0.1, 0.15) is 52.9 Å². The fraction of sp³-hybridized carbons (Fsp3) is 0.846. The summed E-state index contributed by atoms with van der Waals surface area (Å²) in [6.45, 7) is 5.64. The first-order valence-electron chi connectivity index (χ1n) is 6.62. The molecule has 5 nitrogen and oxygen atoms in total.